The van der Waals surface area contributed by atoms with Gasteiger partial charge < -0.3 is 5.11 Å². The van der Waals surface area contributed by atoms with Crippen molar-refractivity contribution < 1.29 is 18.7 Å². The molecule has 0 aromatic heterocycles. The zero-order valence-electron chi connectivity index (χ0n) is 11.2. The van der Waals surface area contributed by atoms with Crippen LogP contribution in [0.4, 0.5) is 8.78 Å². The summed E-state index contributed by atoms with van der Waals surface area (Å²) in [6.07, 6.45) is 0.569. The Hall–Kier alpha value is -1.49. The highest BCUT2D eigenvalue weighted by Gasteiger charge is 2.15. The summed E-state index contributed by atoms with van der Waals surface area (Å²) in [5.41, 5.74) is 0.295. The van der Waals surface area contributed by atoms with Gasteiger partial charge in [0.2, 0.25) is 0 Å². The van der Waals surface area contributed by atoms with Crippen molar-refractivity contribution in [1.29, 1.82) is 0 Å². The Morgan fingerprint density at radius 1 is 1.37 bits per heavy atom. The molecule has 1 aromatic rings. The van der Waals surface area contributed by atoms with Crippen molar-refractivity contribution >= 4 is 5.97 Å². The molecule has 0 unspecified atom stereocenters. The monoisotopic (exact) mass is 271 g/mol. The molecule has 0 aliphatic rings. The second kappa shape index (κ2) is 7.19. The topological polar surface area (TPSA) is 40.5 Å². The second-order valence-electron chi connectivity index (χ2n) is 4.77. The molecule has 3 nitrogen and oxygen atoms in total. The number of rotatable bonds is 7. The molecule has 0 radical (unpaired) electrons. The van der Waals surface area contributed by atoms with Crippen LogP contribution in [0.25, 0.3) is 0 Å². The van der Waals surface area contributed by atoms with Gasteiger partial charge in [0.15, 0.2) is 11.6 Å². The molecule has 0 heterocycles. The predicted octanol–water partition coefficient (Wildman–Crippen LogP) is 3.04. The van der Waals surface area contributed by atoms with Crippen LogP contribution in [0.15, 0.2) is 18.2 Å². The zero-order valence-corrected chi connectivity index (χ0v) is 11.2. The highest BCUT2D eigenvalue weighted by Crippen LogP contribution is 2.15. The van der Waals surface area contributed by atoms with E-state index in [4.69, 9.17) is 5.11 Å². The Morgan fingerprint density at radius 3 is 2.63 bits per heavy atom. The lowest BCUT2D eigenvalue weighted by atomic mass is 10.1. The Kier molecular flexibility index (Phi) is 5.89. The Bertz CT molecular complexity index is 435. The molecule has 5 heteroatoms. The van der Waals surface area contributed by atoms with Gasteiger partial charge in [-0.25, -0.2) is 8.78 Å². The molecule has 0 aliphatic heterocycles. The van der Waals surface area contributed by atoms with E-state index in [2.05, 4.69) is 0 Å². The molecule has 0 spiro atoms. The molecule has 1 aromatic carbocycles. The van der Waals surface area contributed by atoms with Crippen molar-refractivity contribution in [3.8, 4) is 0 Å². The van der Waals surface area contributed by atoms with Crippen LogP contribution in [-0.2, 0) is 11.3 Å². The van der Waals surface area contributed by atoms with Crippen LogP contribution in [0, 0.1) is 11.6 Å². The summed E-state index contributed by atoms with van der Waals surface area (Å²) >= 11 is 0. The van der Waals surface area contributed by atoms with Crippen LogP contribution in [0.1, 0.15) is 32.3 Å². The number of aliphatic carboxylic acids is 1. The summed E-state index contributed by atoms with van der Waals surface area (Å²) in [6.45, 7) is 4.71. The van der Waals surface area contributed by atoms with E-state index in [1.807, 2.05) is 18.7 Å². The van der Waals surface area contributed by atoms with E-state index in [-0.39, 0.29) is 19.0 Å². The summed E-state index contributed by atoms with van der Waals surface area (Å²) in [6, 6.07) is 4.24. The lowest BCUT2D eigenvalue weighted by Gasteiger charge is -2.26. The van der Waals surface area contributed by atoms with Crippen molar-refractivity contribution in [2.24, 2.45) is 0 Å². The minimum Gasteiger partial charge on any atom is -0.481 e. The van der Waals surface area contributed by atoms with E-state index in [0.717, 1.165) is 6.07 Å². The van der Waals surface area contributed by atoms with Crippen molar-refractivity contribution in [2.45, 2.75) is 39.3 Å². The number of carbonyl (C=O) groups is 1. The maximum absolute atomic E-state index is 13.6. The van der Waals surface area contributed by atoms with Gasteiger partial charge >= 0.3 is 5.97 Å². The number of benzene rings is 1. The minimum atomic E-state index is -0.855. The van der Waals surface area contributed by atoms with Crippen LogP contribution >= 0.6 is 0 Å². The summed E-state index contributed by atoms with van der Waals surface area (Å²) in [5.74, 6) is -2.53. The lowest BCUT2D eigenvalue weighted by Crippen LogP contribution is -2.32. The average molecular weight is 271 g/mol. The number of carboxylic acid groups (broad SMARTS) is 1. The Labute approximate surface area is 111 Å². The van der Waals surface area contributed by atoms with Crippen molar-refractivity contribution in [1.82, 2.24) is 4.90 Å². The van der Waals surface area contributed by atoms with Gasteiger partial charge in [0.1, 0.15) is 0 Å². The first kappa shape index (κ1) is 15.6. The van der Waals surface area contributed by atoms with E-state index in [1.54, 1.807) is 6.07 Å². The predicted molar refractivity (Wildman–Crippen MR) is 68.8 cm³/mol. The smallest absolute Gasteiger partial charge is 0.303 e. The number of carboxylic acids is 1. The van der Waals surface area contributed by atoms with Crippen LogP contribution in [-0.4, -0.2) is 28.6 Å². The molecular formula is C14H19F2NO2. The average Bonchev–Trinajstić information content (AvgIpc) is 2.32. The molecule has 0 saturated carbocycles. The van der Waals surface area contributed by atoms with E-state index in [0.29, 0.717) is 18.5 Å². The number of hydrogen-bond donors (Lipinski definition) is 1. The first-order chi connectivity index (χ1) is 8.91. The van der Waals surface area contributed by atoms with Gasteiger partial charge in [0.05, 0.1) is 0 Å². The third-order valence-corrected chi connectivity index (χ3v) is 2.97. The molecule has 0 atom stereocenters. The Morgan fingerprint density at radius 2 is 2.05 bits per heavy atom. The highest BCUT2D eigenvalue weighted by atomic mass is 19.2. The quantitative estimate of drug-likeness (QED) is 0.828. The molecule has 0 aliphatic carbocycles. The number of hydrogen-bond acceptors (Lipinski definition) is 2. The van der Waals surface area contributed by atoms with Crippen molar-refractivity contribution in [3.63, 3.8) is 0 Å². The first-order valence-electron chi connectivity index (χ1n) is 6.30. The molecule has 1 N–H and O–H groups in total. The molecule has 0 fully saturated rings. The van der Waals surface area contributed by atoms with Crippen molar-refractivity contribution in [3.05, 3.63) is 35.4 Å². The van der Waals surface area contributed by atoms with E-state index < -0.39 is 17.6 Å². The van der Waals surface area contributed by atoms with Gasteiger partial charge in [-0.1, -0.05) is 12.1 Å². The maximum atomic E-state index is 13.6. The Balaban J connectivity index is 2.67. The summed E-state index contributed by atoms with van der Waals surface area (Å²) < 4.78 is 26.7. The molecule has 0 amide bonds. The van der Waals surface area contributed by atoms with Gasteiger partial charge in [0, 0.05) is 24.6 Å². The fourth-order valence-corrected chi connectivity index (χ4v) is 1.84. The van der Waals surface area contributed by atoms with E-state index in [9.17, 15) is 13.6 Å². The number of nitrogens with zero attached hydrogens (tertiary/aromatic N) is 1. The third kappa shape index (κ3) is 4.95. The second-order valence-corrected chi connectivity index (χ2v) is 4.77. The van der Waals surface area contributed by atoms with E-state index >= 15 is 0 Å². The van der Waals surface area contributed by atoms with Gasteiger partial charge in [-0.3, -0.25) is 9.69 Å². The zero-order chi connectivity index (χ0) is 14.4. The SMILES string of the molecule is CC(C)N(CCCC(=O)O)Cc1cccc(F)c1F. The van der Waals surface area contributed by atoms with Crippen LogP contribution in [0.3, 0.4) is 0 Å². The molecule has 1 rings (SSSR count). The van der Waals surface area contributed by atoms with Gasteiger partial charge in [0.25, 0.3) is 0 Å². The van der Waals surface area contributed by atoms with Gasteiger partial charge in [-0.05, 0) is 32.9 Å². The molecule has 0 saturated heterocycles. The van der Waals surface area contributed by atoms with Gasteiger partial charge in [-0.15, -0.1) is 0 Å². The minimum absolute atomic E-state index is 0.0782. The fraction of sp³-hybridized carbons (Fsp3) is 0.500. The van der Waals surface area contributed by atoms with Crippen LogP contribution < -0.4 is 0 Å². The maximum Gasteiger partial charge on any atom is 0.303 e. The third-order valence-electron chi connectivity index (χ3n) is 2.97. The fourth-order valence-electron chi connectivity index (χ4n) is 1.84. The highest BCUT2D eigenvalue weighted by molar-refractivity contribution is 5.66. The molecule has 19 heavy (non-hydrogen) atoms. The summed E-state index contributed by atoms with van der Waals surface area (Å²) in [7, 11) is 0. The van der Waals surface area contributed by atoms with Crippen LogP contribution in [0.5, 0.6) is 0 Å². The first-order valence-corrected chi connectivity index (χ1v) is 6.30. The number of halogens is 2. The normalized spacial score (nSPS) is 11.3. The summed E-state index contributed by atoms with van der Waals surface area (Å²) in [4.78, 5) is 12.4. The molecule has 106 valence electrons. The largest absolute Gasteiger partial charge is 0.481 e. The van der Waals surface area contributed by atoms with Gasteiger partial charge in [-0.2, -0.15) is 0 Å². The molecular weight excluding hydrogens is 252 g/mol. The summed E-state index contributed by atoms with van der Waals surface area (Å²) in [5, 5.41) is 8.61. The van der Waals surface area contributed by atoms with Crippen molar-refractivity contribution in [2.75, 3.05) is 6.54 Å². The lowest BCUT2D eigenvalue weighted by molar-refractivity contribution is -0.137. The van der Waals surface area contributed by atoms with E-state index in [1.165, 1.54) is 6.07 Å². The molecule has 0 bridgehead atoms. The van der Waals surface area contributed by atoms with Crippen LogP contribution in [0.2, 0.25) is 0 Å². The standard InChI is InChI=1S/C14H19F2NO2/c1-10(2)17(8-4-7-13(18)19)9-11-5-3-6-12(15)14(11)16/h3,5-6,10H,4,7-9H2,1-2H3,(H,18,19).